The molecule has 0 atom stereocenters. The average molecular weight is 385 g/mol. The Kier molecular flexibility index (Phi) is 5.84. The monoisotopic (exact) mass is 385 g/mol. The number of hydrogen-bond acceptors (Lipinski definition) is 4. The van der Waals surface area contributed by atoms with Gasteiger partial charge in [0.2, 0.25) is 10.0 Å². The maximum absolute atomic E-state index is 13.9. The van der Waals surface area contributed by atoms with E-state index in [1.165, 1.54) is 18.2 Å². The summed E-state index contributed by atoms with van der Waals surface area (Å²) in [5.41, 5.74) is 1.29. The highest BCUT2D eigenvalue weighted by atomic mass is 32.2. The molecule has 0 fully saturated rings. The van der Waals surface area contributed by atoms with Gasteiger partial charge in [0.05, 0.1) is 11.9 Å². The molecule has 0 unspecified atom stereocenters. The number of carbonyl (C=O) groups is 1. The predicted octanol–water partition coefficient (Wildman–Crippen LogP) is 4.39. The van der Waals surface area contributed by atoms with Crippen molar-refractivity contribution in [3.05, 3.63) is 53.1 Å². The topological polar surface area (TPSA) is 63.2 Å². The fraction of sp³-hybridized carbons (Fsp3) is 0.235. The largest absolute Gasteiger partial charge is 0.294 e. The van der Waals surface area contributed by atoms with Crippen molar-refractivity contribution in [3.63, 3.8) is 0 Å². The molecule has 0 saturated heterocycles. The van der Waals surface area contributed by atoms with Crippen molar-refractivity contribution in [1.82, 2.24) is 0 Å². The lowest BCUT2D eigenvalue weighted by Gasteiger charge is -2.14. The normalized spacial score (nSPS) is 11.4. The fourth-order valence-corrected chi connectivity index (χ4v) is 3.78. The zero-order valence-electron chi connectivity index (χ0n) is 13.9. The zero-order chi connectivity index (χ0) is 18.8. The van der Waals surface area contributed by atoms with E-state index in [1.807, 2.05) is 0 Å². The number of nitrogens with one attached hydrogen (secondary N) is 1. The molecule has 0 aromatic heterocycles. The molecule has 0 bridgehead atoms. The van der Waals surface area contributed by atoms with E-state index in [4.69, 9.17) is 0 Å². The van der Waals surface area contributed by atoms with Gasteiger partial charge < -0.3 is 0 Å². The summed E-state index contributed by atoms with van der Waals surface area (Å²) in [5.74, 6) is -1.58. The molecular weight excluding hydrogens is 368 g/mol. The van der Waals surface area contributed by atoms with Crippen molar-refractivity contribution in [2.75, 3.05) is 11.0 Å². The van der Waals surface area contributed by atoms with Crippen LogP contribution < -0.4 is 4.72 Å². The van der Waals surface area contributed by atoms with Crippen LogP contribution in [0.4, 0.5) is 14.5 Å². The van der Waals surface area contributed by atoms with Gasteiger partial charge in [0.25, 0.3) is 0 Å². The summed E-state index contributed by atoms with van der Waals surface area (Å²) in [6, 6.07) is 6.19. The molecule has 0 aliphatic carbocycles. The molecule has 0 aliphatic rings. The maximum atomic E-state index is 13.9. The summed E-state index contributed by atoms with van der Waals surface area (Å²) >= 11 is 0.920. The number of halogens is 2. The third-order valence-corrected chi connectivity index (χ3v) is 5.06. The predicted molar refractivity (Wildman–Crippen MR) is 94.7 cm³/mol. The Hall–Kier alpha value is -1.93. The molecule has 4 nitrogen and oxygen atoms in total. The van der Waals surface area contributed by atoms with Gasteiger partial charge in [0.1, 0.15) is 11.6 Å². The molecule has 2 aromatic carbocycles. The molecule has 0 spiro atoms. The Balaban J connectivity index is 2.56. The van der Waals surface area contributed by atoms with E-state index in [0.29, 0.717) is 16.0 Å². The number of Topliss-reactive ketones (excluding diaryl/α,β-unsaturated/α-hetero) is 1. The molecule has 2 aromatic rings. The third-order valence-electron chi connectivity index (χ3n) is 3.36. The van der Waals surface area contributed by atoms with E-state index < -0.39 is 21.7 Å². The van der Waals surface area contributed by atoms with Gasteiger partial charge in [-0.2, -0.15) is 0 Å². The molecule has 25 heavy (non-hydrogen) atoms. The van der Waals surface area contributed by atoms with Crippen LogP contribution in [0.25, 0.3) is 0 Å². The van der Waals surface area contributed by atoms with Crippen molar-refractivity contribution in [2.45, 2.75) is 30.1 Å². The van der Waals surface area contributed by atoms with E-state index in [0.717, 1.165) is 30.2 Å². The Morgan fingerprint density at radius 3 is 2.40 bits per heavy atom. The fourth-order valence-electron chi connectivity index (χ4n) is 2.22. The highest BCUT2D eigenvalue weighted by Crippen LogP contribution is 2.37. The second kappa shape index (κ2) is 7.53. The number of sulfonamides is 1. The summed E-state index contributed by atoms with van der Waals surface area (Å²) in [4.78, 5) is 12.6. The van der Waals surface area contributed by atoms with E-state index in [-0.39, 0.29) is 22.8 Å². The van der Waals surface area contributed by atoms with Crippen LogP contribution in [-0.2, 0) is 10.0 Å². The van der Waals surface area contributed by atoms with Crippen LogP contribution in [0.15, 0.2) is 40.1 Å². The Bertz CT molecular complexity index is 928. The number of benzene rings is 2. The lowest BCUT2D eigenvalue weighted by molar-refractivity contribution is 0.0987. The first-order valence-electron chi connectivity index (χ1n) is 7.39. The first-order valence-corrected chi connectivity index (χ1v) is 10.1. The molecule has 0 aliphatic heterocycles. The van der Waals surface area contributed by atoms with Crippen molar-refractivity contribution in [3.8, 4) is 0 Å². The molecule has 8 heteroatoms. The van der Waals surface area contributed by atoms with Gasteiger partial charge >= 0.3 is 0 Å². The molecule has 0 radical (unpaired) electrons. The second-order valence-electron chi connectivity index (χ2n) is 5.49. The first-order chi connectivity index (χ1) is 11.6. The number of aryl methyl sites for hydroxylation is 1. The van der Waals surface area contributed by atoms with Gasteiger partial charge in [-0.15, -0.1) is 0 Å². The Morgan fingerprint density at radius 2 is 1.84 bits per heavy atom. The molecule has 0 saturated carbocycles. The zero-order valence-corrected chi connectivity index (χ0v) is 15.5. The van der Waals surface area contributed by atoms with Crippen LogP contribution in [0.5, 0.6) is 0 Å². The van der Waals surface area contributed by atoms with E-state index in [2.05, 4.69) is 4.72 Å². The minimum absolute atomic E-state index is 0.107. The van der Waals surface area contributed by atoms with Crippen LogP contribution in [-0.4, -0.2) is 20.5 Å². The molecule has 134 valence electrons. The average Bonchev–Trinajstić information content (AvgIpc) is 2.50. The van der Waals surface area contributed by atoms with Gasteiger partial charge in [-0.05, 0) is 36.8 Å². The molecule has 0 heterocycles. The SMILES string of the molecule is CCC(=O)c1cc(Sc2ccc(F)cc2F)c(NS(C)(=O)=O)cc1C. The van der Waals surface area contributed by atoms with Crippen LogP contribution in [0.1, 0.15) is 29.3 Å². The highest BCUT2D eigenvalue weighted by molar-refractivity contribution is 7.99. The van der Waals surface area contributed by atoms with Gasteiger partial charge in [0, 0.05) is 27.8 Å². The summed E-state index contributed by atoms with van der Waals surface area (Å²) in [6.45, 7) is 3.42. The summed E-state index contributed by atoms with van der Waals surface area (Å²) in [5, 5.41) is 0. The molecule has 0 amide bonds. The number of carbonyl (C=O) groups excluding carboxylic acids is 1. The van der Waals surface area contributed by atoms with E-state index in [9.17, 15) is 22.0 Å². The van der Waals surface area contributed by atoms with Crippen LogP contribution >= 0.6 is 11.8 Å². The number of ketones is 1. The maximum Gasteiger partial charge on any atom is 0.229 e. The third kappa shape index (κ3) is 5.02. The summed E-state index contributed by atoms with van der Waals surface area (Å²) in [6.07, 6.45) is 1.29. The number of rotatable bonds is 6. The minimum atomic E-state index is -3.57. The Labute approximate surface area is 149 Å². The number of anilines is 1. The second-order valence-corrected chi connectivity index (χ2v) is 8.32. The van der Waals surface area contributed by atoms with E-state index in [1.54, 1.807) is 13.8 Å². The van der Waals surface area contributed by atoms with Crippen LogP contribution in [0.3, 0.4) is 0 Å². The van der Waals surface area contributed by atoms with Crippen LogP contribution in [0.2, 0.25) is 0 Å². The molecular formula is C17H17F2NO3S2. The molecule has 1 N–H and O–H groups in total. The minimum Gasteiger partial charge on any atom is -0.294 e. The lowest BCUT2D eigenvalue weighted by atomic mass is 10.0. The lowest BCUT2D eigenvalue weighted by Crippen LogP contribution is -2.11. The highest BCUT2D eigenvalue weighted by Gasteiger charge is 2.17. The molecule has 2 rings (SSSR count). The first kappa shape index (κ1) is 19.4. The van der Waals surface area contributed by atoms with Crippen LogP contribution in [0, 0.1) is 18.6 Å². The Morgan fingerprint density at radius 1 is 1.16 bits per heavy atom. The van der Waals surface area contributed by atoms with Crippen molar-refractivity contribution in [2.24, 2.45) is 0 Å². The quantitative estimate of drug-likeness (QED) is 0.749. The van der Waals surface area contributed by atoms with E-state index >= 15 is 0 Å². The standard InChI is InChI=1S/C17H17F2NO3S2/c1-4-15(21)12-9-17(14(7-10(12)2)20-25(3,22)23)24-16-6-5-11(18)8-13(16)19/h5-9,20H,4H2,1-3H3. The summed E-state index contributed by atoms with van der Waals surface area (Å²) < 4.78 is 52.6. The van der Waals surface area contributed by atoms with Gasteiger partial charge in [0.15, 0.2) is 5.78 Å². The van der Waals surface area contributed by atoms with Crippen molar-refractivity contribution >= 4 is 33.3 Å². The smallest absolute Gasteiger partial charge is 0.229 e. The van der Waals surface area contributed by atoms with Gasteiger partial charge in [-0.25, -0.2) is 17.2 Å². The van der Waals surface area contributed by atoms with Crippen molar-refractivity contribution in [1.29, 1.82) is 0 Å². The van der Waals surface area contributed by atoms with Crippen molar-refractivity contribution < 1.29 is 22.0 Å². The number of hydrogen-bond donors (Lipinski definition) is 1. The van der Waals surface area contributed by atoms with Gasteiger partial charge in [-0.3, -0.25) is 9.52 Å². The van der Waals surface area contributed by atoms with Gasteiger partial charge in [-0.1, -0.05) is 18.7 Å². The summed E-state index contributed by atoms with van der Waals surface area (Å²) in [7, 11) is -3.57.